The van der Waals surface area contributed by atoms with E-state index in [0.717, 1.165) is 17.0 Å². The maximum atomic E-state index is 9.28. The third-order valence-corrected chi connectivity index (χ3v) is 5.08. The summed E-state index contributed by atoms with van der Waals surface area (Å²) < 4.78 is 5.99. The minimum Gasteiger partial charge on any atom is -0.439 e. The van der Waals surface area contributed by atoms with Gasteiger partial charge in [-0.2, -0.15) is 10.2 Å². The molecule has 0 radical (unpaired) electrons. The van der Waals surface area contributed by atoms with Gasteiger partial charge in [0.25, 0.3) is 0 Å². The van der Waals surface area contributed by atoms with Crippen molar-refractivity contribution in [3.05, 3.63) is 77.0 Å². The Morgan fingerprint density at radius 2 is 1.75 bits per heavy atom. The summed E-state index contributed by atoms with van der Waals surface area (Å²) >= 11 is 1.51. The minimum absolute atomic E-state index is 0.131. The number of aromatic nitrogens is 2. The highest BCUT2D eigenvalue weighted by atomic mass is 32.2. The first kappa shape index (κ1) is 19.9. The van der Waals surface area contributed by atoms with Gasteiger partial charge in [0, 0.05) is 17.2 Å². The number of ether oxygens (including phenoxy) is 1. The van der Waals surface area contributed by atoms with Crippen LogP contribution in [0.3, 0.4) is 0 Å². The van der Waals surface area contributed by atoms with E-state index in [2.05, 4.69) is 31.8 Å². The lowest BCUT2D eigenvalue weighted by atomic mass is 9.92. The zero-order valence-corrected chi connectivity index (χ0v) is 17.4. The summed E-state index contributed by atoms with van der Waals surface area (Å²) in [7, 11) is 0. The van der Waals surface area contributed by atoms with Crippen molar-refractivity contribution in [1.82, 2.24) is 9.97 Å². The molecule has 0 aliphatic heterocycles. The fourth-order valence-electron chi connectivity index (χ4n) is 2.53. The van der Waals surface area contributed by atoms with E-state index in [-0.39, 0.29) is 5.41 Å². The van der Waals surface area contributed by atoms with Crippen molar-refractivity contribution in [3.8, 4) is 17.7 Å². The van der Waals surface area contributed by atoms with Crippen LogP contribution in [0.2, 0.25) is 0 Å². The predicted molar refractivity (Wildman–Crippen MR) is 113 cm³/mol. The number of benzene rings is 2. The van der Waals surface area contributed by atoms with Crippen molar-refractivity contribution in [3.63, 3.8) is 0 Å². The topological polar surface area (TPSA) is 58.8 Å². The third-order valence-electron chi connectivity index (χ3n) is 4.19. The van der Waals surface area contributed by atoms with Crippen LogP contribution in [-0.2, 0) is 11.2 Å². The highest BCUT2D eigenvalue weighted by molar-refractivity contribution is 7.98. The van der Waals surface area contributed by atoms with Gasteiger partial charge in [-0.15, -0.1) is 0 Å². The Morgan fingerprint density at radius 3 is 2.43 bits per heavy atom. The first-order valence-corrected chi connectivity index (χ1v) is 10.1. The number of nitriles is 1. The van der Waals surface area contributed by atoms with Crippen LogP contribution in [0.25, 0.3) is 0 Å². The fourth-order valence-corrected chi connectivity index (χ4v) is 3.38. The lowest BCUT2D eigenvalue weighted by Gasteiger charge is -2.19. The number of hydrogen-bond donors (Lipinski definition) is 0. The smallest absolute Gasteiger partial charge is 0.223 e. The molecule has 3 aromatic rings. The molecule has 5 heteroatoms. The van der Waals surface area contributed by atoms with E-state index in [4.69, 9.17) is 9.72 Å². The average molecular weight is 390 g/mol. The molecule has 142 valence electrons. The molecular formula is C23H23N3OS. The van der Waals surface area contributed by atoms with Crippen LogP contribution in [-0.4, -0.2) is 9.97 Å². The largest absolute Gasteiger partial charge is 0.439 e. The van der Waals surface area contributed by atoms with Crippen LogP contribution >= 0.6 is 11.8 Å². The molecule has 0 N–H and O–H groups in total. The Morgan fingerprint density at radius 1 is 1.04 bits per heavy atom. The highest BCUT2D eigenvalue weighted by Gasteiger charge is 2.19. The Bertz CT molecular complexity index is 1000. The van der Waals surface area contributed by atoms with Gasteiger partial charge < -0.3 is 4.74 Å². The molecule has 0 unspecified atom stereocenters. The van der Waals surface area contributed by atoms with Crippen molar-refractivity contribution in [1.29, 1.82) is 5.26 Å². The molecule has 0 bridgehead atoms. The van der Waals surface area contributed by atoms with E-state index in [1.807, 2.05) is 61.5 Å². The van der Waals surface area contributed by atoms with Crippen LogP contribution in [0, 0.1) is 18.3 Å². The molecule has 0 saturated carbocycles. The summed E-state index contributed by atoms with van der Waals surface area (Å²) in [6, 6.07) is 19.6. The van der Waals surface area contributed by atoms with E-state index >= 15 is 0 Å². The second kappa shape index (κ2) is 8.45. The van der Waals surface area contributed by atoms with Crippen LogP contribution < -0.4 is 4.74 Å². The molecular weight excluding hydrogens is 366 g/mol. The number of thioether (sulfide) groups is 1. The van der Waals surface area contributed by atoms with Gasteiger partial charge in [0.2, 0.25) is 5.88 Å². The third kappa shape index (κ3) is 5.11. The van der Waals surface area contributed by atoms with Crippen molar-refractivity contribution < 1.29 is 4.74 Å². The lowest BCUT2D eigenvalue weighted by Crippen LogP contribution is -2.14. The van der Waals surface area contributed by atoms with Gasteiger partial charge in [-0.05, 0) is 30.7 Å². The Balaban J connectivity index is 1.87. The van der Waals surface area contributed by atoms with Crippen LogP contribution in [0.5, 0.6) is 11.6 Å². The van der Waals surface area contributed by atoms with Crippen LogP contribution in [0.15, 0.2) is 59.8 Å². The Kier molecular flexibility index (Phi) is 6.01. The molecule has 0 aliphatic carbocycles. The van der Waals surface area contributed by atoms with E-state index < -0.39 is 0 Å². The molecule has 0 spiro atoms. The number of rotatable bonds is 5. The Labute approximate surface area is 170 Å². The lowest BCUT2D eigenvalue weighted by molar-refractivity contribution is 0.446. The van der Waals surface area contributed by atoms with Crippen LogP contribution in [0.1, 0.15) is 43.2 Å². The highest BCUT2D eigenvalue weighted by Crippen LogP contribution is 2.30. The van der Waals surface area contributed by atoms with Gasteiger partial charge >= 0.3 is 0 Å². The Hall–Kier alpha value is -2.84. The van der Waals surface area contributed by atoms with E-state index in [1.54, 1.807) is 0 Å². The van der Waals surface area contributed by atoms with E-state index in [9.17, 15) is 5.26 Å². The van der Waals surface area contributed by atoms with Gasteiger partial charge in [-0.1, -0.05) is 68.4 Å². The normalized spacial score (nSPS) is 11.1. The zero-order chi connectivity index (χ0) is 20.1. The predicted octanol–water partition coefficient (Wildman–Crippen LogP) is 6.04. The van der Waals surface area contributed by atoms with Gasteiger partial charge in [0.05, 0.1) is 17.3 Å². The zero-order valence-electron chi connectivity index (χ0n) is 16.6. The quantitative estimate of drug-likeness (QED) is 0.393. The molecule has 0 aliphatic rings. The average Bonchev–Trinajstić information content (AvgIpc) is 2.67. The maximum Gasteiger partial charge on any atom is 0.223 e. The molecule has 2 aromatic carbocycles. The number of hydrogen-bond acceptors (Lipinski definition) is 5. The molecule has 28 heavy (non-hydrogen) atoms. The first-order chi connectivity index (χ1) is 13.3. The summed E-state index contributed by atoms with van der Waals surface area (Å²) in [5.74, 6) is 1.90. The van der Waals surface area contributed by atoms with Crippen LogP contribution in [0.4, 0.5) is 0 Å². The fraction of sp³-hybridized carbons (Fsp3) is 0.261. The van der Waals surface area contributed by atoms with E-state index in [0.29, 0.717) is 22.4 Å². The molecule has 0 amide bonds. The van der Waals surface area contributed by atoms with Gasteiger partial charge in [0.1, 0.15) is 5.75 Å². The van der Waals surface area contributed by atoms with Gasteiger partial charge in [-0.25, -0.2) is 4.98 Å². The molecule has 1 heterocycles. The van der Waals surface area contributed by atoms with Crippen molar-refractivity contribution in [2.75, 3.05) is 0 Å². The number of nitrogens with zero attached hydrogens (tertiary/aromatic N) is 3. The standard InChI is InChI=1S/C23H23N3OS/c1-16-9-11-19(12-10-16)27-21-13-20(23(2,3)4)25-22(26-21)28-15-18-8-6-5-7-17(18)14-24/h5-13H,15H2,1-4H3. The summed E-state index contributed by atoms with van der Waals surface area (Å²) in [6.07, 6.45) is 0. The monoisotopic (exact) mass is 389 g/mol. The van der Waals surface area contributed by atoms with Crippen molar-refractivity contribution in [2.24, 2.45) is 0 Å². The molecule has 1 aromatic heterocycles. The van der Waals surface area contributed by atoms with Gasteiger partial charge in [0.15, 0.2) is 5.16 Å². The summed E-state index contributed by atoms with van der Waals surface area (Å²) in [5.41, 5.74) is 3.62. The summed E-state index contributed by atoms with van der Waals surface area (Å²) in [4.78, 5) is 9.30. The van der Waals surface area contributed by atoms with E-state index in [1.165, 1.54) is 17.3 Å². The molecule has 0 atom stereocenters. The molecule has 0 fully saturated rings. The molecule has 4 nitrogen and oxygen atoms in total. The van der Waals surface area contributed by atoms with Crippen molar-refractivity contribution in [2.45, 2.75) is 44.0 Å². The SMILES string of the molecule is Cc1ccc(Oc2cc(C(C)(C)C)nc(SCc3ccccc3C#N)n2)cc1. The maximum absolute atomic E-state index is 9.28. The first-order valence-electron chi connectivity index (χ1n) is 9.10. The second-order valence-corrected chi connectivity index (χ2v) is 8.54. The van der Waals surface area contributed by atoms with Gasteiger partial charge in [-0.3, -0.25) is 0 Å². The number of aryl methyl sites for hydroxylation is 1. The molecule has 3 rings (SSSR count). The second-order valence-electron chi connectivity index (χ2n) is 7.60. The van der Waals surface area contributed by atoms with Crippen molar-refractivity contribution >= 4 is 11.8 Å². The minimum atomic E-state index is -0.131. The summed E-state index contributed by atoms with van der Waals surface area (Å²) in [5, 5.41) is 9.92. The molecule has 0 saturated heterocycles. The summed E-state index contributed by atoms with van der Waals surface area (Å²) in [6.45, 7) is 8.39.